The Morgan fingerprint density at radius 1 is 1.23 bits per heavy atom. The Bertz CT molecular complexity index is 308. The zero-order valence-corrected chi connectivity index (χ0v) is 10.3. The van der Waals surface area contributed by atoms with Gasteiger partial charge in [0, 0.05) is 0 Å². The molecule has 0 aliphatic rings. The van der Waals surface area contributed by atoms with Gasteiger partial charge in [0.1, 0.15) is 0 Å². The summed E-state index contributed by atoms with van der Waals surface area (Å²) >= 11 is 1.21. The van der Waals surface area contributed by atoms with Crippen molar-refractivity contribution in [2.24, 2.45) is 0 Å². The first kappa shape index (κ1) is 11.5. The summed E-state index contributed by atoms with van der Waals surface area (Å²) in [4.78, 5) is 0. The molecule has 13 heavy (non-hydrogen) atoms. The van der Waals surface area contributed by atoms with Gasteiger partial charge >= 0.3 is 92.7 Å². The van der Waals surface area contributed by atoms with Crippen molar-refractivity contribution in [2.45, 2.75) is 6.18 Å². The molecule has 6 heteroatoms. The molecular weight excluding hydrogens is 414 g/mol. The Morgan fingerprint density at radius 2 is 1.85 bits per heavy atom. The Morgan fingerprint density at radius 3 is 2.31 bits per heavy atom. The fourth-order valence-electron chi connectivity index (χ4n) is 0.777. The van der Waals surface area contributed by atoms with Crippen molar-refractivity contribution in [3.05, 3.63) is 33.1 Å². The van der Waals surface area contributed by atoms with Crippen molar-refractivity contribution >= 4 is 18.6 Å². The second-order valence-electron chi connectivity index (χ2n) is 2.19. The third kappa shape index (κ3) is 2.93. The van der Waals surface area contributed by atoms with Crippen LogP contribution >= 0.6 is 18.6 Å². The molecule has 0 spiro atoms. The maximum absolute atomic E-state index is 12.5. The molecule has 0 unspecified atom stereocenters. The molecule has 0 aromatic heterocycles. The summed E-state index contributed by atoms with van der Waals surface area (Å²) in [5.74, 6) is -0.843. The van der Waals surface area contributed by atoms with Gasteiger partial charge in [-0.1, -0.05) is 0 Å². The molecule has 0 bridgehead atoms. The Kier molecular flexibility index (Phi) is 3.78. The predicted octanol–water partition coefficient (Wildman–Crippen LogP) is 0.453. The normalized spacial score (nSPS) is 12.1. The van der Waals surface area contributed by atoms with E-state index in [4.69, 9.17) is 0 Å². The van der Waals surface area contributed by atoms with Crippen molar-refractivity contribution < 1.29 is 34.8 Å². The number of hydrogen-bond donors (Lipinski definition) is 0. The zero-order chi connectivity index (χ0) is 10.1. The molecule has 0 saturated carbocycles. The average Bonchev–Trinajstić information content (AvgIpc) is 2.03. The van der Waals surface area contributed by atoms with Crippen molar-refractivity contribution in [2.75, 3.05) is 0 Å². The summed E-state index contributed by atoms with van der Waals surface area (Å²) in [5, 5.41) is 0. The topological polar surface area (TPSA) is 0 Å². The van der Waals surface area contributed by atoms with Gasteiger partial charge in [-0.2, -0.15) is 0 Å². The number of rotatable bonds is 1. The van der Waals surface area contributed by atoms with Gasteiger partial charge in [0.05, 0.1) is 0 Å². The van der Waals surface area contributed by atoms with E-state index in [-0.39, 0.29) is 3.57 Å². The summed E-state index contributed by atoms with van der Waals surface area (Å²) < 4.78 is 49.5. The van der Waals surface area contributed by atoms with Gasteiger partial charge < -0.3 is 0 Å². The second-order valence-corrected chi connectivity index (χ2v) is 6.50. The van der Waals surface area contributed by atoms with Gasteiger partial charge in [-0.05, 0) is 0 Å². The molecule has 0 atom stereocenters. The van der Waals surface area contributed by atoms with E-state index >= 15 is 0 Å². The van der Waals surface area contributed by atoms with Crippen LogP contribution in [0.3, 0.4) is 0 Å². The van der Waals surface area contributed by atoms with Gasteiger partial charge in [-0.3, -0.25) is 0 Å². The molecule has 0 fully saturated rings. The SMILES string of the molecule is Fc1ccc([I-]I)c(C(F)(F)F)c1. The van der Waals surface area contributed by atoms with Crippen LogP contribution < -0.4 is 17.2 Å². The molecular formula is C7H3F4I2-. The molecule has 1 aromatic carbocycles. The molecule has 0 nitrogen and oxygen atoms in total. The average molecular weight is 417 g/mol. The van der Waals surface area contributed by atoms with E-state index in [1.807, 2.05) is 18.6 Å². The van der Waals surface area contributed by atoms with Crippen LogP contribution in [0.1, 0.15) is 5.56 Å². The van der Waals surface area contributed by atoms with Crippen LogP contribution in [0.4, 0.5) is 17.6 Å². The molecule has 0 heterocycles. The molecule has 74 valence electrons. The number of hydrogen-bond acceptors (Lipinski definition) is 0. The van der Waals surface area contributed by atoms with E-state index in [1.54, 1.807) is 0 Å². The monoisotopic (exact) mass is 417 g/mol. The molecule has 0 N–H and O–H groups in total. The Hall–Kier alpha value is 0.400. The van der Waals surface area contributed by atoms with E-state index in [0.717, 1.165) is 6.07 Å². The summed E-state index contributed by atoms with van der Waals surface area (Å²) in [7, 11) is 0. The molecule has 0 amide bonds. The van der Waals surface area contributed by atoms with E-state index in [2.05, 4.69) is 0 Å². The van der Waals surface area contributed by atoms with Crippen molar-refractivity contribution in [3.63, 3.8) is 0 Å². The first-order valence-electron chi connectivity index (χ1n) is 3.08. The van der Waals surface area contributed by atoms with Gasteiger partial charge in [0.15, 0.2) is 0 Å². The van der Waals surface area contributed by atoms with Crippen LogP contribution in [-0.4, -0.2) is 0 Å². The predicted molar refractivity (Wildman–Crippen MR) is 44.1 cm³/mol. The molecule has 0 aliphatic heterocycles. The zero-order valence-electron chi connectivity index (χ0n) is 6.00. The number of benzene rings is 1. The van der Waals surface area contributed by atoms with Crippen LogP contribution in [0.5, 0.6) is 0 Å². The van der Waals surface area contributed by atoms with Gasteiger partial charge in [0.2, 0.25) is 0 Å². The van der Waals surface area contributed by atoms with E-state index < -0.39 is 34.8 Å². The van der Waals surface area contributed by atoms with E-state index in [9.17, 15) is 17.6 Å². The fourth-order valence-corrected chi connectivity index (χ4v) is 4.16. The Balaban J connectivity index is 3.24. The van der Waals surface area contributed by atoms with Gasteiger partial charge in [0.25, 0.3) is 0 Å². The molecule has 1 aromatic rings. The maximum atomic E-state index is 12.5. The molecule has 0 saturated heterocycles. The van der Waals surface area contributed by atoms with Gasteiger partial charge in [-0.25, -0.2) is 0 Å². The standard InChI is InChI=1S/C7H3F4I2/c8-4-1-2-6(13-12)5(3-4)7(9,10)11/h1-3H/q-1. The Labute approximate surface area is 92.1 Å². The quantitative estimate of drug-likeness (QED) is 0.461. The van der Waals surface area contributed by atoms with Crippen LogP contribution in [0.25, 0.3) is 0 Å². The second kappa shape index (κ2) is 4.28. The minimum atomic E-state index is -4.44. The molecule has 0 aliphatic carbocycles. The van der Waals surface area contributed by atoms with Crippen LogP contribution in [0.2, 0.25) is 0 Å². The van der Waals surface area contributed by atoms with Gasteiger partial charge in [-0.15, -0.1) is 0 Å². The van der Waals surface area contributed by atoms with Crippen molar-refractivity contribution in [3.8, 4) is 0 Å². The number of halogens is 6. The molecule has 1 rings (SSSR count). The third-order valence-corrected chi connectivity index (χ3v) is 5.64. The first-order valence-corrected chi connectivity index (χ1v) is 10.4. The molecule has 0 radical (unpaired) electrons. The van der Waals surface area contributed by atoms with Crippen molar-refractivity contribution in [1.29, 1.82) is 0 Å². The first-order chi connectivity index (χ1) is 5.95. The number of alkyl halides is 3. The fraction of sp³-hybridized carbons (Fsp3) is 0.143. The summed E-state index contributed by atoms with van der Waals surface area (Å²) in [6.45, 7) is 0. The minimum absolute atomic E-state index is 0.216. The third-order valence-electron chi connectivity index (χ3n) is 1.31. The summed E-state index contributed by atoms with van der Waals surface area (Å²) in [5.41, 5.74) is -0.838. The van der Waals surface area contributed by atoms with Crippen LogP contribution in [0.15, 0.2) is 18.2 Å². The van der Waals surface area contributed by atoms with E-state index in [0.29, 0.717) is 6.07 Å². The van der Waals surface area contributed by atoms with Crippen LogP contribution in [-0.2, 0) is 6.18 Å². The van der Waals surface area contributed by atoms with Crippen molar-refractivity contribution in [1.82, 2.24) is 0 Å². The van der Waals surface area contributed by atoms with Crippen LogP contribution in [0, 0.1) is 9.39 Å². The van der Waals surface area contributed by atoms with E-state index in [1.165, 1.54) is 6.07 Å². The summed E-state index contributed by atoms with van der Waals surface area (Å²) in [6.07, 6.45) is -4.44. The summed E-state index contributed by atoms with van der Waals surface area (Å²) in [6, 6.07) is 2.81.